The van der Waals surface area contributed by atoms with Crippen LogP contribution in [-0.4, -0.2) is 19.5 Å². The second-order valence-corrected chi connectivity index (χ2v) is 6.16. The van der Waals surface area contributed by atoms with E-state index in [-0.39, 0.29) is 6.29 Å². The molecule has 3 fully saturated rings. The lowest BCUT2D eigenvalue weighted by molar-refractivity contribution is -0.162. The van der Waals surface area contributed by atoms with Gasteiger partial charge in [-0.25, -0.2) is 0 Å². The molecular formula is C15H26O2. The Balaban J connectivity index is 1.17. The van der Waals surface area contributed by atoms with Crippen LogP contribution in [0.3, 0.4) is 0 Å². The Bertz CT molecular complexity index is 231. The van der Waals surface area contributed by atoms with E-state index in [0.717, 1.165) is 37.4 Å². The van der Waals surface area contributed by atoms with Crippen molar-refractivity contribution < 1.29 is 9.47 Å². The monoisotopic (exact) mass is 238 g/mol. The van der Waals surface area contributed by atoms with E-state index < -0.39 is 0 Å². The summed E-state index contributed by atoms with van der Waals surface area (Å²) in [5, 5.41) is 0. The lowest BCUT2D eigenvalue weighted by Gasteiger charge is -2.22. The highest BCUT2D eigenvalue weighted by molar-refractivity contribution is 4.96. The summed E-state index contributed by atoms with van der Waals surface area (Å²) in [7, 11) is 0. The molecule has 0 aromatic rings. The Hall–Kier alpha value is -0.0800. The number of ether oxygens (including phenoxy) is 2. The second kappa shape index (κ2) is 5.71. The third kappa shape index (κ3) is 3.69. The lowest BCUT2D eigenvalue weighted by Crippen LogP contribution is -2.22. The van der Waals surface area contributed by atoms with Crippen molar-refractivity contribution in [3.05, 3.63) is 0 Å². The molecular weight excluding hydrogens is 212 g/mol. The maximum atomic E-state index is 5.75. The van der Waals surface area contributed by atoms with E-state index in [1.165, 1.54) is 51.4 Å². The van der Waals surface area contributed by atoms with Crippen molar-refractivity contribution in [3.63, 3.8) is 0 Å². The molecule has 0 radical (unpaired) electrons. The Kier molecular flexibility index (Phi) is 4.02. The summed E-state index contributed by atoms with van der Waals surface area (Å²) in [5.41, 5.74) is 0. The van der Waals surface area contributed by atoms with E-state index in [9.17, 15) is 0 Å². The number of hydrogen-bond acceptors (Lipinski definition) is 2. The smallest absolute Gasteiger partial charge is 0.157 e. The SMILES string of the molecule is C1CCC(OCCCC[C@@H]2C[C@H]2C2CC2)OC1. The zero-order chi connectivity index (χ0) is 11.5. The van der Waals surface area contributed by atoms with Crippen LogP contribution in [0.5, 0.6) is 0 Å². The van der Waals surface area contributed by atoms with Crippen molar-refractivity contribution in [2.45, 2.75) is 64.1 Å². The van der Waals surface area contributed by atoms with Gasteiger partial charge in [0, 0.05) is 13.2 Å². The van der Waals surface area contributed by atoms with E-state index in [4.69, 9.17) is 9.47 Å². The predicted octanol–water partition coefficient (Wildman–Crippen LogP) is 3.75. The molecule has 0 spiro atoms. The van der Waals surface area contributed by atoms with Gasteiger partial charge in [0.2, 0.25) is 0 Å². The summed E-state index contributed by atoms with van der Waals surface area (Å²) in [6.07, 6.45) is 12.4. The van der Waals surface area contributed by atoms with Gasteiger partial charge in [0.25, 0.3) is 0 Å². The van der Waals surface area contributed by atoms with Crippen molar-refractivity contribution >= 4 is 0 Å². The predicted molar refractivity (Wildman–Crippen MR) is 67.7 cm³/mol. The normalized spacial score (nSPS) is 37.1. The Morgan fingerprint density at radius 1 is 1.06 bits per heavy atom. The average molecular weight is 238 g/mol. The molecule has 2 nitrogen and oxygen atoms in total. The highest BCUT2D eigenvalue weighted by Gasteiger charge is 2.46. The summed E-state index contributed by atoms with van der Waals surface area (Å²) >= 11 is 0. The van der Waals surface area contributed by atoms with Crippen LogP contribution in [0, 0.1) is 17.8 Å². The molecule has 0 N–H and O–H groups in total. The summed E-state index contributed by atoms with van der Waals surface area (Å²) < 4.78 is 11.3. The van der Waals surface area contributed by atoms with Gasteiger partial charge in [-0.05, 0) is 62.7 Å². The first-order chi connectivity index (χ1) is 8.43. The lowest BCUT2D eigenvalue weighted by atomic mass is 10.1. The van der Waals surface area contributed by atoms with Gasteiger partial charge in [-0.1, -0.05) is 12.8 Å². The fraction of sp³-hybridized carbons (Fsp3) is 1.00. The Morgan fingerprint density at radius 2 is 2.00 bits per heavy atom. The summed E-state index contributed by atoms with van der Waals surface area (Å²) in [6, 6.07) is 0. The number of unbranched alkanes of at least 4 members (excludes halogenated alkanes) is 1. The molecule has 3 rings (SSSR count). The van der Waals surface area contributed by atoms with Gasteiger partial charge in [-0.3, -0.25) is 0 Å². The van der Waals surface area contributed by atoms with Crippen LogP contribution in [0.4, 0.5) is 0 Å². The van der Waals surface area contributed by atoms with Crippen LogP contribution in [0.25, 0.3) is 0 Å². The molecule has 1 saturated heterocycles. The molecule has 2 heteroatoms. The minimum atomic E-state index is 0.115. The maximum absolute atomic E-state index is 5.75. The van der Waals surface area contributed by atoms with Crippen LogP contribution < -0.4 is 0 Å². The van der Waals surface area contributed by atoms with Crippen LogP contribution >= 0.6 is 0 Å². The third-order valence-corrected chi connectivity index (χ3v) is 4.62. The van der Waals surface area contributed by atoms with Crippen molar-refractivity contribution in [2.24, 2.45) is 17.8 Å². The minimum Gasteiger partial charge on any atom is -0.353 e. The topological polar surface area (TPSA) is 18.5 Å². The van der Waals surface area contributed by atoms with Gasteiger partial charge >= 0.3 is 0 Å². The fourth-order valence-corrected chi connectivity index (χ4v) is 3.27. The molecule has 2 aliphatic carbocycles. The number of hydrogen-bond donors (Lipinski definition) is 0. The minimum absolute atomic E-state index is 0.115. The fourth-order valence-electron chi connectivity index (χ4n) is 3.27. The number of rotatable bonds is 7. The molecule has 3 atom stereocenters. The average Bonchev–Trinajstić information content (AvgIpc) is 3.23. The molecule has 98 valence electrons. The van der Waals surface area contributed by atoms with Crippen molar-refractivity contribution in [2.75, 3.05) is 13.2 Å². The molecule has 0 bridgehead atoms. The molecule has 0 aromatic heterocycles. The van der Waals surface area contributed by atoms with Crippen LogP contribution in [0.1, 0.15) is 57.8 Å². The van der Waals surface area contributed by atoms with Crippen LogP contribution in [0.2, 0.25) is 0 Å². The van der Waals surface area contributed by atoms with E-state index in [1.54, 1.807) is 0 Å². The first-order valence-electron chi connectivity index (χ1n) is 7.66. The van der Waals surface area contributed by atoms with Crippen molar-refractivity contribution in [1.29, 1.82) is 0 Å². The summed E-state index contributed by atoms with van der Waals surface area (Å²) in [6.45, 7) is 1.81. The highest BCUT2D eigenvalue weighted by atomic mass is 16.7. The summed E-state index contributed by atoms with van der Waals surface area (Å²) in [5.74, 6) is 3.37. The van der Waals surface area contributed by atoms with Gasteiger partial charge in [-0.2, -0.15) is 0 Å². The molecule has 2 saturated carbocycles. The zero-order valence-corrected chi connectivity index (χ0v) is 10.9. The molecule has 17 heavy (non-hydrogen) atoms. The van der Waals surface area contributed by atoms with Crippen molar-refractivity contribution in [1.82, 2.24) is 0 Å². The zero-order valence-electron chi connectivity index (χ0n) is 10.9. The summed E-state index contributed by atoms with van der Waals surface area (Å²) in [4.78, 5) is 0. The van der Waals surface area contributed by atoms with E-state index in [0.29, 0.717) is 0 Å². The van der Waals surface area contributed by atoms with E-state index in [2.05, 4.69) is 0 Å². The van der Waals surface area contributed by atoms with Gasteiger partial charge in [0.1, 0.15) is 0 Å². The van der Waals surface area contributed by atoms with Gasteiger partial charge in [0.05, 0.1) is 0 Å². The van der Waals surface area contributed by atoms with E-state index in [1.807, 2.05) is 0 Å². The largest absolute Gasteiger partial charge is 0.353 e. The molecule has 1 unspecified atom stereocenters. The van der Waals surface area contributed by atoms with E-state index >= 15 is 0 Å². The highest BCUT2D eigenvalue weighted by Crippen LogP contribution is 2.56. The van der Waals surface area contributed by atoms with Gasteiger partial charge in [-0.15, -0.1) is 0 Å². The molecule has 3 aliphatic rings. The standard InChI is InChI=1S/C15H26O2/c1(5-13-11-14(13)12-7-8-12)3-9-16-15-6-2-4-10-17-15/h12-15H,1-11H2/t13-,14+,15?/m1/s1. The first-order valence-corrected chi connectivity index (χ1v) is 7.66. The third-order valence-electron chi connectivity index (χ3n) is 4.62. The molecule has 1 aliphatic heterocycles. The quantitative estimate of drug-likeness (QED) is 0.629. The van der Waals surface area contributed by atoms with Crippen LogP contribution in [-0.2, 0) is 9.47 Å². The van der Waals surface area contributed by atoms with Gasteiger partial charge in [0.15, 0.2) is 6.29 Å². The van der Waals surface area contributed by atoms with Crippen LogP contribution in [0.15, 0.2) is 0 Å². The second-order valence-electron chi connectivity index (χ2n) is 6.16. The van der Waals surface area contributed by atoms with Crippen molar-refractivity contribution in [3.8, 4) is 0 Å². The Morgan fingerprint density at radius 3 is 2.76 bits per heavy atom. The molecule has 0 amide bonds. The first kappa shape index (κ1) is 12.0. The molecule has 0 aromatic carbocycles. The Labute approximate surface area is 105 Å². The van der Waals surface area contributed by atoms with Gasteiger partial charge < -0.3 is 9.47 Å². The maximum Gasteiger partial charge on any atom is 0.157 e. The molecule has 1 heterocycles.